The van der Waals surface area contributed by atoms with Gasteiger partial charge < -0.3 is 14.7 Å². The lowest BCUT2D eigenvalue weighted by molar-refractivity contribution is -0.136. The maximum Gasteiger partial charge on any atom is 0.249 e. The Balaban J connectivity index is 1.51. The van der Waals surface area contributed by atoms with Gasteiger partial charge in [-0.25, -0.2) is 0 Å². The molecule has 144 valence electrons. The monoisotopic (exact) mass is 380 g/mol. The number of aliphatic hydroxyl groups is 1. The zero-order valence-corrected chi connectivity index (χ0v) is 15.2. The maximum atomic E-state index is 12.4. The molecule has 0 radical (unpaired) electrons. The number of imide groups is 1. The van der Waals surface area contributed by atoms with Gasteiger partial charge in [0.1, 0.15) is 12.6 Å². The number of carbonyl (C=O) groups is 3. The van der Waals surface area contributed by atoms with Crippen LogP contribution in [0.15, 0.2) is 59.5 Å². The van der Waals surface area contributed by atoms with Gasteiger partial charge in [-0.1, -0.05) is 24.3 Å². The van der Waals surface area contributed by atoms with Crippen molar-refractivity contribution >= 4 is 17.6 Å². The molecule has 4 rings (SSSR count). The maximum absolute atomic E-state index is 12.4. The summed E-state index contributed by atoms with van der Waals surface area (Å²) >= 11 is 0. The van der Waals surface area contributed by atoms with E-state index in [-0.39, 0.29) is 36.6 Å². The van der Waals surface area contributed by atoms with Crippen LogP contribution in [0.3, 0.4) is 0 Å². The Morgan fingerprint density at radius 2 is 1.86 bits per heavy atom. The molecule has 2 aliphatic heterocycles. The third-order valence-corrected chi connectivity index (χ3v) is 5.11. The first kappa shape index (κ1) is 18.2. The summed E-state index contributed by atoms with van der Waals surface area (Å²) in [5.41, 5.74) is 3.29. The summed E-state index contributed by atoms with van der Waals surface area (Å²) in [6.07, 6.45) is 5.79. The lowest BCUT2D eigenvalue weighted by Crippen LogP contribution is -2.50. The molecule has 1 aromatic carbocycles. The molecule has 0 spiro atoms. The molecule has 7 heteroatoms. The Kier molecular flexibility index (Phi) is 4.83. The van der Waals surface area contributed by atoms with E-state index in [9.17, 15) is 14.4 Å². The minimum absolute atomic E-state index is 0.0238. The number of allylic oxidation sites excluding steroid dienone is 2. The number of nitrogens with zero attached hydrogens (tertiary/aromatic N) is 1. The van der Waals surface area contributed by atoms with Crippen molar-refractivity contribution < 1.29 is 24.2 Å². The summed E-state index contributed by atoms with van der Waals surface area (Å²) in [4.78, 5) is 37.8. The van der Waals surface area contributed by atoms with Crippen molar-refractivity contribution in [1.29, 1.82) is 0 Å². The fourth-order valence-electron chi connectivity index (χ4n) is 3.57. The number of ketones is 1. The number of benzene rings is 1. The molecule has 1 saturated heterocycles. The number of rotatable bonds is 5. The first-order chi connectivity index (χ1) is 13.5. The second-order valence-electron chi connectivity index (χ2n) is 6.99. The standard InChI is InChI=1S/C21H20N2O5/c24-11-13-1-3-14(4-2-13)12-28-20-16-10-23(9-15(16)5-7-18(20)25)17-6-8-19(26)22-21(17)27/h1-5,7,9,17,24H,6,8,10-12H2,(H,22,26,27). The Hall–Kier alpha value is -3.19. The Bertz CT molecular complexity index is 927. The minimum Gasteiger partial charge on any atom is -0.484 e. The highest BCUT2D eigenvalue weighted by molar-refractivity contribution is 6.06. The van der Waals surface area contributed by atoms with Crippen molar-refractivity contribution in [1.82, 2.24) is 10.2 Å². The first-order valence-corrected chi connectivity index (χ1v) is 9.14. The quantitative estimate of drug-likeness (QED) is 0.743. The molecule has 7 nitrogen and oxygen atoms in total. The van der Waals surface area contributed by atoms with Crippen molar-refractivity contribution in [3.8, 4) is 0 Å². The van der Waals surface area contributed by atoms with Crippen LogP contribution in [0.4, 0.5) is 0 Å². The molecule has 2 amide bonds. The molecular formula is C21H20N2O5. The molecule has 2 N–H and O–H groups in total. The van der Waals surface area contributed by atoms with Gasteiger partial charge in [0.05, 0.1) is 6.61 Å². The van der Waals surface area contributed by atoms with Crippen LogP contribution in [-0.4, -0.2) is 40.2 Å². The average Bonchev–Trinajstić information content (AvgIpc) is 3.11. The number of carbonyl (C=O) groups excluding carboxylic acids is 3. The number of hydrogen-bond acceptors (Lipinski definition) is 6. The predicted molar refractivity (Wildman–Crippen MR) is 99.3 cm³/mol. The van der Waals surface area contributed by atoms with Gasteiger partial charge in [0.2, 0.25) is 17.6 Å². The van der Waals surface area contributed by atoms with Gasteiger partial charge in [0.25, 0.3) is 0 Å². The topological polar surface area (TPSA) is 95.9 Å². The van der Waals surface area contributed by atoms with Gasteiger partial charge in [-0.15, -0.1) is 0 Å². The van der Waals surface area contributed by atoms with E-state index in [0.717, 1.165) is 22.3 Å². The summed E-state index contributed by atoms with van der Waals surface area (Å²) in [6, 6.07) is 6.89. The second kappa shape index (κ2) is 7.44. The summed E-state index contributed by atoms with van der Waals surface area (Å²) in [7, 11) is 0. The average molecular weight is 380 g/mol. The number of nitrogens with one attached hydrogen (secondary N) is 1. The van der Waals surface area contributed by atoms with Crippen LogP contribution in [0.25, 0.3) is 0 Å². The number of hydrogen-bond donors (Lipinski definition) is 2. The molecule has 2 heterocycles. The zero-order valence-electron chi connectivity index (χ0n) is 15.2. The molecule has 0 bridgehead atoms. The molecule has 28 heavy (non-hydrogen) atoms. The smallest absolute Gasteiger partial charge is 0.249 e. The highest BCUT2D eigenvalue weighted by atomic mass is 16.5. The summed E-state index contributed by atoms with van der Waals surface area (Å²) in [5.74, 6) is -0.482. The molecule has 3 aliphatic rings. The highest BCUT2D eigenvalue weighted by Gasteiger charge is 2.36. The fourth-order valence-corrected chi connectivity index (χ4v) is 3.57. The Morgan fingerprint density at radius 3 is 2.57 bits per heavy atom. The Labute approximate surface area is 162 Å². The van der Waals surface area contributed by atoms with E-state index in [1.165, 1.54) is 6.08 Å². The van der Waals surface area contributed by atoms with E-state index in [0.29, 0.717) is 19.4 Å². The van der Waals surface area contributed by atoms with Crippen molar-refractivity contribution in [2.75, 3.05) is 6.54 Å². The molecular weight excluding hydrogens is 360 g/mol. The molecule has 1 aromatic rings. The predicted octanol–water partition coefficient (Wildman–Crippen LogP) is 1.09. The van der Waals surface area contributed by atoms with Crippen LogP contribution in [-0.2, 0) is 32.3 Å². The number of aliphatic hydroxyl groups excluding tert-OH is 1. The van der Waals surface area contributed by atoms with Gasteiger partial charge in [-0.3, -0.25) is 19.7 Å². The van der Waals surface area contributed by atoms with Gasteiger partial charge in [0.15, 0.2) is 5.76 Å². The second-order valence-corrected chi connectivity index (χ2v) is 6.99. The number of ether oxygens (including phenoxy) is 1. The van der Waals surface area contributed by atoms with E-state index in [1.807, 2.05) is 35.4 Å². The third kappa shape index (κ3) is 3.48. The van der Waals surface area contributed by atoms with Gasteiger partial charge in [0, 0.05) is 24.7 Å². The van der Waals surface area contributed by atoms with Crippen LogP contribution in [0, 0.1) is 0 Å². The van der Waals surface area contributed by atoms with Gasteiger partial charge in [-0.2, -0.15) is 0 Å². The fraction of sp³-hybridized carbons (Fsp3) is 0.286. The molecule has 1 atom stereocenters. The molecule has 1 fully saturated rings. The van der Waals surface area contributed by atoms with E-state index in [2.05, 4.69) is 5.32 Å². The van der Waals surface area contributed by atoms with Crippen molar-refractivity contribution in [2.45, 2.75) is 32.1 Å². The first-order valence-electron chi connectivity index (χ1n) is 9.14. The number of piperidine rings is 1. The minimum atomic E-state index is -0.431. The molecule has 1 unspecified atom stereocenters. The lowest BCUT2D eigenvalue weighted by Gasteiger charge is -2.29. The van der Waals surface area contributed by atoms with Crippen molar-refractivity contribution in [3.05, 3.63) is 70.6 Å². The summed E-state index contributed by atoms with van der Waals surface area (Å²) in [6.45, 7) is 0.594. The van der Waals surface area contributed by atoms with E-state index in [1.54, 1.807) is 6.08 Å². The number of fused-ring (bicyclic) bond motifs is 1. The summed E-state index contributed by atoms with van der Waals surface area (Å²) < 4.78 is 5.84. The van der Waals surface area contributed by atoms with Crippen LogP contribution < -0.4 is 5.32 Å². The van der Waals surface area contributed by atoms with Crippen LogP contribution >= 0.6 is 0 Å². The largest absolute Gasteiger partial charge is 0.484 e. The van der Waals surface area contributed by atoms with Crippen LogP contribution in [0.2, 0.25) is 0 Å². The SMILES string of the molecule is O=C1CCC(N2C=C3C=CC(=O)C(OCc4ccc(CO)cc4)=C3C2)C(=O)N1. The number of amides is 2. The zero-order chi connectivity index (χ0) is 19.7. The molecule has 1 aliphatic carbocycles. The van der Waals surface area contributed by atoms with E-state index in [4.69, 9.17) is 9.84 Å². The van der Waals surface area contributed by atoms with E-state index < -0.39 is 6.04 Å². The molecule has 0 aromatic heterocycles. The third-order valence-electron chi connectivity index (χ3n) is 5.11. The summed E-state index contributed by atoms with van der Waals surface area (Å²) in [5, 5.41) is 11.5. The van der Waals surface area contributed by atoms with Gasteiger partial charge >= 0.3 is 0 Å². The lowest BCUT2D eigenvalue weighted by atomic mass is 10.00. The normalized spacial score (nSPS) is 21.6. The molecule has 0 saturated carbocycles. The van der Waals surface area contributed by atoms with E-state index >= 15 is 0 Å². The highest BCUT2D eigenvalue weighted by Crippen LogP contribution is 2.32. The van der Waals surface area contributed by atoms with Crippen molar-refractivity contribution in [3.63, 3.8) is 0 Å². The Morgan fingerprint density at radius 1 is 1.11 bits per heavy atom. The van der Waals surface area contributed by atoms with Crippen LogP contribution in [0.1, 0.15) is 24.0 Å². The van der Waals surface area contributed by atoms with Gasteiger partial charge in [-0.05, 0) is 35.3 Å². The van der Waals surface area contributed by atoms with Crippen molar-refractivity contribution in [2.24, 2.45) is 0 Å². The van der Waals surface area contributed by atoms with Crippen LogP contribution in [0.5, 0.6) is 0 Å².